The highest BCUT2D eigenvalue weighted by atomic mass is 32.1. The summed E-state index contributed by atoms with van der Waals surface area (Å²) in [6.45, 7) is 10.3. The molecular weight excluding hydrogens is 254 g/mol. The number of aryl methyl sites for hydroxylation is 1. The maximum atomic E-state index is 4.82. The molecule has 0 aromatic carbocycles. The lowest BCUT2D eigenvalue weighted by molar-refractivity contribution is 0.343. The summed E-state index contributed by atoms with van der Waals surface area (Å²) < 4.78 is 0. The summed E-state index contributed by atoms with van der Waals surface area (Å²) in [6.07, 6.45) is 6.14. The Labute approximate surface area is 121 Å². The molecule has 1 aliphatic heterocycles. The van der Waals surface area contributed by atoms with Crippen molar-refractivity contribution in [2.75, 3.05) is 26.2 Å². The summed E-state index contributed by atoms with van der Waals surface area (Å²) in [5.41, 5.74) is 1.31. The van der Waals surface area contributed by atoms with Crippen molar-refractivity contribution in [3.63, 3.8) is 0 Å². The molecule has 0 bridgehead atoms. The summed E-state index contributed by atoms with van der Waals surface area (Å²) in [6, 6.07) is 0. The smallest absolute Gasteiger partial charge is 0.0944 e. The van der Waals surface area contributed by atoms with Gasteiger partial charge in [-0.2, -0.15) is 0 Å². The lowest BCUT2D eigenvalue weighted by Crippen LogP contribution is -2.21. The Bertz CT molecular complexity index is 369. The molecule has 0 amide bonds. The first-order valence-electron chi connectivity index (χ1n) is 7.74. The maximum Gasteiger partial charge on any atom is 0.0944 e. The highest BCUT2D eigenvalue weighted by Crippen LogP contribution is 2.20. The Balaban J connectivity index is 1.85. The van der Waals surface area contributed by atoms with Gasteiger partial charge in [-0.25, -0.2) is 4.98 Å². The molecule has 0 radical (unpaired) electrons. The van der Waals surface area contributed by atoms with Crippen molar-refractivity contribution in [3.05, 3.63) is 15.6 Å². The van der Waals surface area contributed by atoms with Gasteiger partial charge in [-0.3, -0.25) is 0 Å². The molecule has 1 fully saturated rings. The van der Waals surface area contributed by atoms with Crippen molar-refractivity contribution in [1.29, 1.82) is 0 Å². The minimum Gasteiger partial charge on any atom is -0.312 e. The molecule has 1 N–H and O–H groups in total. The van der Waals surface area contributed by atoms with Gasteiger partial charge in [0.2, 0.25) is 0 Å². The number of hydrogen-bond acceptors (Lipinski definition) is 4. The van der Waals surface area contributed by atoms with Gasteiger partial charge in [0, 0.05) is 24.4 Å². The van der Waals surface area contributed by atoms with Gasteiger partial charge in [0.25, 0.3) is 0 Å². The number of rotatable bonds is 8. The van der Waals surface area contributed by atoms with Crippen LogP contribution in [0.4, 0.5) is 0 Å². The Morgan fingerprint density at radius 3 is 2.74 bits per heavy atom. The van der Waals surface area contributed by atoms with E-state index in [0.717, 1.165) is 25.9 Å². The van der Waals surface area contributed by atoms with E-state index in [1.54, 1.807) is 0 Å². The van der Waals surface area contributed by atoms with Crippen molar-refractivity contribution >= 4 is 11.3 Å². The van der Waals surface area contributed by atoms with Gasteiger partial charge in [-0.15, -0.1) is 11.3 Å². The van der Waals surface area contributed by atoms with Crippen molar-refractivity contribution in [3.8, 4) is 0 Å². The van der Waals surface area contributed by atoms with E-state index in [4.69, 9.17) is 4.98 Å². The number of nitrogens with zero attached hydrogens (tertiary/aromatic N) is 2. The first kappa shape index (κ1) is 14.9. The predicted molar refractivity (Wildman–Crippen MR) is 82.9 cm³/mol. The molecule has 0 atom stereocenters. The molecule has 1 aliphatic rings. The second-order valence-electron chi connectivity index (χ2n) is 5.31. The molecule has 108 valence electrons. The number of aromatic nitrogens is 1. The van der Waals surface area contributed by atoms with Gasteiger partial charge in [0.05, 0.1) is 10.7 Å². The van der Waals surface area contributed by atoms with Gasteiger partial charge in [-0.05, 0) is 45.3 Å². The molecule has 1 aromatic heterocycles. The van der Waals surface area contributed by atoms with Gasteiger partial charge >= 0.3 is 0 Å². The first-order chi connectivity index (χ1) is 9.33. The second kappa shape index (κ2) is 7.98. The Morgan fingerprint density at radius 1 is 1.26 bits per heavy atom. The monoisotopic (exact) mass is 281 g/mol. The van der Waals surface area contributed by atoms with Crippen LogP contribution in [-0.4, -0.2) is 36.1 Å². The average Bonchev–Trinajstić information content (AvgIpc) is 3.05. The summed E-state index contributed by atoms with van der Waals surface area (Å²) in [5, 5.41) is 4.83. The first-order valence-corrected chi connectivity index (χ1v) is 8.55. The van der Waals surface area contributed by atoms with E-state index in [0.29, 0.717) is 0 Å². The van der Waals surface area contributed by atoms with Gasteiger partial charge in [-0.1, -0.05) is 13.8 Å². The molecular formula is C15H27N3S. The van der Waals surface area contributed by atoms with Gasteiger partial charge in [0.15, 0.2) is 0 Å². The zero-order valence-corrected chi connectivity index (χ0v) is 13.2. The quantitative estimate of drug-likeness (QED) is 0.743. The molecule has 0 saturated carbocycles. The zero-order valence-electron chi connectivity index (χ0n) is 12.4. The molecule has 2 rings (SSSR count). The van der Waals surface area contributed by atoms with Crippen LogP contribution in [-0.2, 0) is 19.4 Å². The predicted octanol–water partition coefficient (Wildman–Crippen LogP) is 2.84. The maximum absolute atomic E-state index is 4.82. The van der Waals surface area contributed by atoms with Crippen LogP contribution in [0.1, 0.15) is 48.7 Å². The minimum atomic E-state index is 0.998. The lowest BCUT2D eigenvalue weighted by atomic mass is 10.3. The van der Waals surface area contributed by atoms with Gasteiger partial charge in [0.1, 0.15) is 0 Å². The molecule has 2 heterocycles. The van der Waals surface area contributed by atoms with Crippen molar-refractivity contribution in [2.24, 2.45) is 0 Å². The van der Waals surface area contributed by atoms with Crippen LogP contribution in [0.25, 0.3) is 0 Å². The highest BCUT2D eigenvalue weighted by molar-refractivity contribution is 7.11. The third-order valence-electron chi connectivity index (χ3n) is 3.71. The van der Waals surface area contributed by atoms with Crippen LogP contribution in [0.3, 0.4) is 0 Å². The van der Waals surface area contributed by atoms with E-state index in [9.17, 15) is 0 Å². The van der Waals surface area contributed by atoms with E-state index in [2.05, 4.69) is 24.1 Å². The fourth-order valence-electron chi connectivity index (χ4n) is 2.60. The molecule has 19 heavy (non-hydrogen) atoms. The molecule has 0 unspecified atom stereocenters. The van der Waals surface area contributed by atoms with Crippen LogP contribution >= 0.6 is 11.3 Å². The van der Waals surface area contributed by atoms with E-state index in [1.807, 2.05) is 11.3 Å². The summed E-state index contributed by atoms with van der Waals surface area (Å²) in [7, 11) is 0. The Hall–Kier alpha value is -0.450. The molecule has 4 heteroatoms. The largest absolute Gasteiger partial charge is 0.312 e. The van der Waals surface area contributed by atoms with E-state index >= 15 is 0 Å². The van der Waals surface area contributed by atoms with Crippen LogP contribution in [0.5, 0.6) is 0 Å². The van der Waals surface area contributed by atoms with Crippen molar-refractivity contribution in [2.45, 2.75) is 52.5 Å². The van der Waals surface area contributed by atoms with Crippen LogP contribution in [0.15, 0.2) is 0 Å². The van der Waals surface area contributed by atoms with Crippen LogP contribution < -0.4 is 5.32 Å². The Kier molecular flexibility index (Phi) is 6.28. The minimum absolute atomic E-state index is 0.998. The number of hydrogen-bond donors (Lipinski definition) is 1. The SMILES string of the molecule is CCCNCc1sc(CCN2CCCC2)nc1CC. The molecule has 0 spiro atoms. The number of thiazole rings is 1. The fourth-order valence-corrected chi connectivity index (χ4v) is 3.71. The third-order valence-corrected chi connectivity index (χ3v) is 4.87. The second-order valence-corrected chi connectivity index (χ2v) is 6.47. The molecule has 3 nitrogen and oxygen atoms in total. The molecule has 0 aliphatic carbocycles. The summed E-state index contributed by atoms with van der Waals surface area (Å²) in [5.74, 6) is 0. The van der Waals surface area contributed by atoms with Crippen LogP contribution in [0, 0.1) is 0 Å². The molecule has 1 saturated heterocycles. The van der Waals surface area contributed by atoms with Crippen LogP contribution in [0.2, 0.25) is 0 Å². The zero-order chi connectivity index (χ0) is 13.5. The van der Waals surface area contributed by atoms with E-state index in [-0.39, 0.29) is 0 Å². The van der Waals surface area contributed by atoms with E-state index < -0.39 is 0 Å². The highest BCUT2D eigenvalue weighted by Gasteiger charge is 2.13. The van der Waals surface area contributed by atoms with Gasteiger partial charge < -0.3 is 10.2 Å². The van der Waals surface area contributed by atoms with Crippen molar-refractivity contribution in [1.82, 2.24) is 15.2 Å². The molecule has 1 aromatic rings. The standard InChI is InChI=1S/C15H27N3S/c1-3-8-16-12-14-13(4-2)17-15(19-14)7-11-18-9-5-6-10-18/h16H,3-12H2,1-2H3. The van der Waals surface area contributed by atoms with E-state index in [1.165, 1.54) is 54.5 Å². The third kappa shape index (κ3) is 4.55. The number of likely N-dealkylation sites (tertiary alicyclic amines) is 1. The topological polar surface area (TPSA) is 28.2 Å². The summed E-state index contributed by atoms with van der Waals surface area (Å²) >= 11 is 1.92. The fraction of sp³-hybridized carbons (Fsp3) is 0.800. The summed E-state index contributed by atoms with van der Waals surface area (Å²) in [4.78, 5) is 8.84. The lowest BCUT2D eigenvalue weighted by Gasteiger charge is -2.12. The van der Waals surface area contributed by atoms with Crippen molar-refractivity contribution < 1.29 is 0 Å². The normalized spacial score (nSPS) is 16.3. The Morgan fingerprint density at radius 2 is 2.05 bits per heavy atom. The average molecular weight is 281 g/mol. The number of nitrogens with one attached hydrogen (secondary N) is 1.